The maximum atomic E-state index is 8.71. The zero-order valence-corrected chi connectivity index (χ0v) is 11.5. The summed E-state index contributed by atoms with van der Waals surface area (Å²) < 4.78 is 1.02. The number of hydrogen-bond donors (Lipinski definition) is 0. The van der Waals surface area contributed by atoms with E-state index in [9.17, 15) is 0 Å². The number of rotatable bonds is 3. The second kappa shape index (κ2) is 6.46. The zero-order chi connectivity index (χ0) is 11.1. The van der Waals surface area contributed by atoms with Gasteiger partial charge in [-0.3, -0.25) is 0 Å². The standard InChI is InChI=1S/C11H8N2Se2/c1-9-2-4-10(5-3-9)11(15-8-13)6-14-7-12/h2-6H,1H3/b11-6+. The molecule has 0 heterocycles. The Balaban J connectivity index is 2.96. The monoisotopic (exact) mass is 328 g/mol. The van der Waals surface area contributed by atoms with Crippen molar-refractivity contribution in [1.82, 2.24) is 0 Å². The third-order valence-electron chi connectivity index (χ3n) is 1.71. The third-order valence-corrected chi connectivity index (χ3v) is 4.82. The van der Waals surface area contributed by atoms with Crippen LogP contribution in [-0.2, 0) is 0 Å². The van der Waals surface area contributed by atoms with Gasteiger partial charge in [-0.05, 0) is 0 Å². The number of nitrogens with zero attached hydrogens (tertiary/aromatic N) is 2. The topological polar surface area (TPSA) is 47.6 Å². The molecule has 0 aliphatic carbocycles. The van der Waals surface area contributed by atoms with E-state index >= 15 is 0 Å². The van der Waals surface area contributed by atoms with Crippen molar-refractivity contribution in [2.24, 2.45) is 0 Å². The average molecular weight is 326 g/mol. The van der Waals surface area contributed by atoms with Crippen molar-refractivity contribution < 1.29 is 0 Å². The number of aryl methyl sites for hydroxylation is 1. The van der Waals surface area contributed by atoms with Gasteiger partial charge in [-0.1, -0.05) is 0 Å². The Morgan fingerprint density at radius 2 is 1.87 bits per heavy atom. The van der Waals surface area contributed by atoms with E-state index < -0.39 is 0 Å². The fraction of sp³-hybridized carbons (Fsp3) is 0.0909. The number of nitriles is 2. The van der Waals surface area contributed by atoms with E-state index in [0.29, 0.717) is 0 Å². The molecular weight excluding hydrogens is 318 g/mol. The van der Waals surface area contributed by atoms with Gasteiger partial charge in [0.1, 0.15) is 0 Å². The van der Waals surface area contributed by atoms with Crippen LogP contribution in [0.5, 0.6) is 0 Å². The summed E-state index contributed by atoms with van der Waals surface area (Å²) in [4.78, 5) is 6.21. The van der Waals surface area contributed by atoms with Crippen LogP contribution in [0.2, 0.25) is 0 Å². The number of hydrogen-bond acceptors (Lipinski definition) is 2. The molecule has 2 nitrogen and oxygen atoms in total. The second-order valence-electron chi connectivity index (χ2n) is 2.75. The van der Waals surface area contributed by atoms with Crippen molar-refractivity contribution in [3.05, 3.63) is 40.4 Å². The summed E-state index contributed by atoms with van der Waals surface area (Å²) in [7, 11) is 0. The molecular formula is C11H8N2Se2. The van der Waals surface area contributed by atoms with Gasteiger partial charge in [0.25, 0.3) is 0 Å². The molecule has 0 fully saturated rings. The second-order valence-corrected chi connectivity index (χ2v) is 5.86. The summed E-state index contributed by atoms with van der Waals surface area (Å²) in [5.74, 6) is 0. The summed E-state index contributed by atoms with van der Waals surface area (Å²) in [5, 5.41) is 17.2. The van der Waals surface area contributed by atoms with E-state index in [1.165, 1.54) is 5.56 Å². The number of benzene rings is 1. The van der Waals surface area contributed by atoms with Crippen molar-refractivity contribution >= 4 is 34.4 Å². The fourth-order valence-corrected chi connectivity index (χ4v) is 3.51. The molecule has 74 valence electrons. The molecule has 0 saturated carbocycles. The van der Waals surface area contributed by atoms with Crippen LogP contribution in [0.3, 0.4) is 0 Å². The molecule has 0 atom stereocenters. The molecule has 15 heavy (non-hydrogen) atoms. The van der Waals surface area contributed by atoms with Crippen LogP contribution in [0.1, 0.15) is 11.1 Å². The molecule has 0 spiro atoms. The van der Waals surface area contributed by atoms with Gasteiger partial charge in [-0.15, -0.1) is 0 Å². The molecule has 0 amide bonds. The minimum absolute atomic E-state index is 0.154. The fourth-order valence-electron chi connectivity index (χ4n) is 0.998. The zero-order valence-electron chi connectivity index (χ0n) is 8.10. The van der Waals surface area contributed by atoms with Crippen molar-refractivity contribution in [3.63, 3.8) is 0 Å². The third kappa shape index (κ3) is 3.92. The summed E-state index contributed by atoms with van der Waals surface area (Å²) in [6, 6.07) is 8.06. The van der Waals surface area contributed by atoms with Crippen LogP contribution in [0.25, 0.3) is 4.47 Å². The summed E-state index contributed by atoms with van der Waals surface area (Å²) in [6.45, 7) is 2.03. The maximum absolute atomic E-state index is 8.71. The molecule has 1 aromatic rings. The van der Waals surface area contributed by atoms with Crippen LogP contribution in [-0.4, -0.2) is 29.9 Å². The molecule has 0 N–H and O–H groups in total. The Morgan fingerprint density at radius 1 is 1.20 bits per heavy atom. The van der Waals surface area contributed by atoms with Crippen LogP contribution < -0.4 is 0 Å². The Hall–Kier alpha value is -1.02. The van der Waals surface area contributed by atoms with Gasteiger partial charge in [0.05, 0.1) is 0 Å². The van der Waals surface area contributed by atoms with E-state index in [4.69, 9.17) is 10.5 Å². The van der Waals surface area contributed by atoms with Crippen LogP contribution in [0.15, 0.2) is 29.2 Å². The molecule has 0 aliphatic rings. The molecule has 0 aliphatic heterocycles. The Kier molecular flexibility index (Phi) is 5.19. The predicted octanol–water partition coefficient (Wildman–Crippen LogP) is 1.66. The molecule has 0 bridgehead atoms. The minimum atomic E-state index is -0.187. The molecule has 0 radical (unpaired) electrons. The predicted molar refractivity (Wildman–Crippen MR) is 61.9 cm³/mol. The first kappa shape index (κ1) is 12.1. The normalized spacial score (nSPS) is 10.5. The van der Waals surface area contributed by atoms with E-state index in [1.54, 1.807) is 0 Å². The average Bonchev–Trinajstić information content (AvgIpc) is 2.25. The van der Waals surface area contributed by atoms with Crippen molar-refractivity contribution in [2.75, 3.05) is 0 Å². The molecule has 4 heteroatoms. The van der Waals surface area contributed by atoms with Crippen molar-refractivity contribution in [1.29, 1.82) is 10.5 Å². The summed E-state index contributed by atoms with van der Waals surface area (Å²) >= 11 is -0.341. The Bertz CT molecular complexity index is 435. The van der Waals surface area contributed by atoms with Gasteiger partial charge in [0.15, 0.2) is 0 Å². The SMILES string of the molecule is Cc1ccc(/C(=C\[Se]C#N)[Se]C#N)cc1. The van der Waals surface area contributed by atoms with E-state index in [0.717, 1.165) is 10.0 Å². The summed E-state index contributed by atoms with van der Waals surface area (Å²) in [5.41, 5.74) is 2.27. The van der Waals surface area contributed by atoms with Crippen LogP contribution in [0.4, 0.5) is 0 Å². The molecule has 0 aromatic heterocycles. The van der Waals surface area contributed by atoms with E-state index in [-0.39, 0.29) is 29.9 Å². The first-order valence-electron chi connectivity index (χ1n) is 4.16. The van der Waals surface area contributed by atoms with Crippen molar-refractivity contribution in [3.8, 4) is 9.94 Å². The van der Waals surface area contributed by atoms with E-state index in [1.807, 2.05) is 36.2 Å². The van der Waals surface area contributed by atoms with Gasteiger partial charge in [-0.2, -0.15) is 0 Å². The first-order valence-corrected chi connectivity index (χ1v) is 7.71. The van der Waals surface area contributed by atoms with Crippen molar-refractivity contribution in [2.45, 2.75) is 6.92 Å². The summed E-state index contributed by atoms with van der Waals surface area (Å²) in [6.07, 6.45) is 0. The van der Waals surface area contributed by atoms with Gasteiger partial charge < -0.3 is 0 Å². The molecule has 1 aromatic carbocycles. The molecule has 1 rings (SSSR count). The Labute approximate surface area is 102 Å². The van der Waals surface area contributed by atoms with Crippen LogP contribution >= 0.6 is 0 Å². The first-order chi connectivity index (χ1) is 7.27. The quantitative estimate of drug-likeness (QED) is 0.793. The van der Waals surface area contributed by atoms with Gasteiger partial charge in [0.2, 0.25) is 0 Å². The van der Waals surface area contributed by atoms with Gasteiger partial charge in [0, 0.05) is 0 Å². The van der Waals surface area contributed by atoms with Crippen LogP contribution in [0, 0.1) is 27.4 Å². The van der Waals surface area contributed by atoms with Gasteiger partial charge >= 0.3 is 102 Å². The molecule has 0 unspecified atom stereocenters. The van der Waals surface area contributed by atoms with E-state index in [2.05, 4.69) is 9.94 Å². The van der Waals surface area contributed by atoms with Gasteiger partial charge in [-0.25, -0.2) is 0 Å². The Morgan fingerprint density at radius 3 is 2.40 bits per heavy atom. The molecule has 0 saturated heterocycles.